The van der Waals surface area contributed by atoms with Crippen molar-refractivity contribution in [3.05, 3.63) is 89.5 Å². The summed E-state index contributed by atoms with van der Waals surface area (Å²) in [5.41, 5.74) is 3.62. The Balaban J connectivity index is 1.74. The smallest absolute Gasteiger partial charge is 0.319 e. The van der Waals surface area contributed by atoms with E-state index in [1.54, 1.807) is 19.2 Å². The Morgan fingerprint density at radius 3 is 2.41 bits per heavy atom. The number of hydrogen-bond donors (Lipinski definition) is 3. The van der Waals surface area contributed by atoms with E-state index in [-0.39, 0.29) is 24.3 Å². The molecule has 0 fully saturated rings. The number of urea groups is 1. The lowest BCUT2D eigenvalue weighted by atomic mass is 9.86. The number of nitrogens with zero attached hydrogens (tertiary/aromatic N) is 1. The van der Waals surface area contributed by atoms with Crippen LogP contribution < -0.4 is 25.6 Å². The summed E-state index contributed by atoms with van der Waals surface area (Å²) >= 11 is 0. The molecule has 4 rings (SSSR count). The normalized spacial score (nSPS) is 17.1. The minimum absolute atomic E-state index is 0.186. The average Bonchev–Trinajstić information content (AvgIpc) is 2.98. The van der Waals surface area contributed by atoms with Crippen LogP contribution in [0.5, 0.6) is 5.75 Å². The fourth-order valence-corrected chi connectivity index (χ4v) is 4.89. The van der Waals surface area contributed by atoms with Gasteiger partial charge in [-0.25, -0.2) is 4.79 Å². The zero-order valence-corrected chi connectivity index (χ0v) is 23.1. The molecule has 0 bridgehead atoms. The van der Waals surface area contributed by atoms with Gasteiger partial charge in [0, 0.05) is 22.8 Å². The van der Waals surface area contributed by atoms with Crippen LogP contribution in [0.15, 0.2) is 72.8 Å². The first kappa shape index (κ1) is 27.7. The fraction of sp³-hybridized carbons (Fsp3) is 0.323. The van der Waals surface area contributed by atoms with Gasteiger partial charge in [0.2, 0.25) is 11.8 Å². The van der Waals surface area contributed by atoms with E-state index in [2.05, 4.69) is 16.0 Å². The number of nitrogens with one attached hydrogen (secondary N) is 3. The van der Waals surface area contributed by atoms with Crippen molar-refractivity contribution in [2.24, 2.45) is 0 Å². The largest absolute Gasteiger partial charge is 0.497 e. The number of rotatable bonds is 6. The maximum Gasteiger partial charge on any atom is 0.319 e. The van der Waals surface area contributed by atoms with Gasteiger partial charge in [-0.15, -0.1) is 0 Å². The first-order valence-corrected chi connectivity index (χ1v) is 13.0. The maximum atomic E-state index is 14.1. The van der Waals surface area contributed by atoms with E-state index in [0.717, 1.165) is 16.7 Å². The number of amides is 4. The van der Waals surface area contributed by atoms with Crippen LogP contribution in [0.4, 0.5) is 16.2 Å². The lowest BCUT2D eigenvalue weighted by molar-refractivity contribution is -0.125. The minimum atomic E-state index is -0.888. The molecule has 1 aliphatic rings. The predicted octanol–water partition coefficient (Wildman–Crippen LogP) is 4.98. The molecule has 3 aromatic rings. The van der Waals surface area contributed by atoms with Gasteiger partial charge >= 0.3 is 6.03 Å². The van der Waals surface area contributed by atoms with E-state index in [1.807, 2.05) is 88.4 Å². The fourth-order valence-electron chi connectivity index (χ4n) is 4.89. The van der Waals surface area contributed by atoms with Crippen molar-refractivity contribution in [1.82, 2.24) is 10.6 Å². The number of carbonyl (C=O) groups is 3. The maximum absolute atomic E-state index is 14.1. The van der Waals surface area contributed by atoms with Crippen molar-refractivity contribution in [3.63, 3.8) is 0 Å². The molecule has 3 N–H and O–H groups in total. The molecule has 2 unspecified atom stereocenters. The summed E-state index contributed by atoms with van der Waals surface area (Å²) in [6, 6.07) is 21.4. The molecule has 8 nitrogen and oxygen atoms in total. The highest BCUT2D eigenvalue weighted by Crippen LogP contribution is 2.41. The summed E-state index contributed by atoms with van der Waals surface area (Å²) in [6.45, 7) is 7.42. The van der Waals surface area contributed by atoms with Crippen molar-refractivity contribution in [2.75, 3.05) is 23.9 Å². The Kier molecular flexibility index (Phi) is 8.24. The van der Waals surface area contributed by atoms with E-state index in [1.165, 1.54) is 4.90 Å². The number of fused-ring (bicyclic) bond motifs is 1. The molecule has 204 valence electrons. The van der Waals surface area contributed by atoms with Gasteiger partial charge in [-0.3, -0.25) is 9.59 Å². The average molecular weight is 529 g/mol. The number of aryl methyl sites for hydroxylation is 1. The number of methoxy groups -OCH3 is 1. The molecular weight excluding hydrogens is 492 g/mol. The summed E-state index contributed by atoms with van der Waals surface area (Å²) in [6.07, 6.45) is 0.307. The molecule has 0 aliphatic carbocycles. The van der Waals surface area contributed by atoms with Gasteiger partial charge < -0.3 is 25.6 Å². The number of anilines is 2. The molecule has 1 heterocycles. The van der Waals surface area contributed by atoms with Crippen molar-refractivity contribution < 1.29 is 19.1 Å². The second kappa shape index (κ2) is 11.6. The van der Waals surface area contributed by atoms with Crippen molar-refractivity contribution in [2.45, 2.75) is 51.6 Å². The lowest BCUT2D eigenvalue weighted by Crippen LogP contribution is -2.53. The molecule has 1 aliphatic heterocycles. The Morgan fingerprint density at radius 1 is 1.00 bits per heavy atom. The SMILES string of the molecule is COc1ccc2c(c1)C(c1ccccc1)CC(NC(=O)Nc1cccc(C)c1)C(=O)N2CC(=O)NC(C)(C)C. The van der Waals surface area contributed by atoms with Crippen LogP contribution in [-0.4, -0.2) is 43.1 Å². The van der Waals surface area contributed by atoms with Crippen molar-refractivity contribution >= 4 is 29.2 Å². The quantitative estimate of drug-likeness (QED) is 0.420. The Morgan fingerprint density at radius 2 is 1.74 bits per heavy atom. The van der Waals surface area contributed by atoms with Crippen LogP contribution in [0.1, 0.15) is 49.8 Å². The molecular formula is C31H36N4O4. The van der Waals surface area contributed by atoms with Crippen LogP contribution in [0, 0.1) is 6.92 Å². The van der Waals surface area contributed by atoms with Crippen molar-refractivity contribution in [3.8, 4) is 5.75 Å². The first-order valence-electron chi connectivity index (χ1n) is 13.0. The third-order valence-electron chi connectivity index (χ3n) is 6.54. The second-order valence-corrected chi connectivity index (χ2v) is 10.9. The van der Waals surface area contributed by atoms with Gasteiger partial charge in [-0.05, 0) is 81.1 Å². The molecule has 0 aromatic heterocycles. The Hall–Kier alpha value is -4.33. The Bertz CT molecular complexity index is 1350. The van der Waals surface area contributed by atoms with Gasteiger partial charge in [-0.2, -0.15) is 0 Å². The summed E-state index contributed by atoms with van der Waals surface area (Å²) in [4.78, 5) is 41.7. The molecule has 0 saturated carbocycles. The first-order chi connectivity index (χ1) is 18.5. The van der Waals surface area contributed by atoms with E-state index < -0.39 is 17.6 Å². The molecule has 8 heteroatoms. The highest BCUT2D eigenvalue weighted by molar-refractivity contribution is 6.05. The van der Waals surface area contributed by atoms with Crippen LogP contribution in [0.3, 0.4) is 0 Å². The Labute approximate surface area is 229 Å². The number of carbonyl (C=O) groups excluding carboxylic acids is 3. The van der Waals surface area contributed by atoms with Gasteiger partial charge in [-0.1, -0.05) is 42.5 Å². The van der Waals surface area contributed by atoms with Crippen LogP contribution in [-0.2, 0) is 9.59 Å². The molecule has 0 saturated heterocycles. The van der Waals surface area contributed by atoms with Gasteiger partial charge in [0.05, 0.1) is 7.11 Å². The minimum Gasteiger partial charge on any atom is -0.497 e. The van der Waals surface area contributed by atoms with Gasteiger partial charge in [0.25, 0.3) is 0 Å². The summed E-state index contributed by atoms with van der Waals surface area (Å²) in [5.74, 6) is -0.243. The zero-order valence-electron chi connectivity index (χ0n) is 23.1. The van der Waals surface area contributed by atoms with Crippen LogP contribution in [0.25, 0.3) is 0 Å². The van der Waals surface area contributed by atoms with Gasteiger partial charge in [0.15, 0.2) is 0 Å². The number of hydrogen-bond acceptors (Lipinski definition) is 4. The zero-order chi connectivity index (χ0) is 28.2. The number of ether oxygens (including phenoxy) is 1. The molecule has 2 atom stereocenters. The topological polar surface area (TPSA) is 99.8 Å². The highest BCUT2D eigenvalue weighted by atomic mass is 16.5. The lowest BCUT2D eigenvalue weighted by Gasteiger charge is -2.28. The summed E-state index contributed by atoms with van der Waals surface area (Å²) in [7, 11) is 1.59. The predicted molar refractivity (Wildman–Crippen MR) is 153 cm³/mol. The van der Waals surface area contributed by atoms with E-state index >= 15 is 0 Å². The van der Waals surface area contributed by atoms with E-state index in [9.17, 15) is 14.4 Å². The van der Waals surface area contributed by atoms with Gasteiger partial charge in [0.1, 0.15) is 18.3 Å². The third-order valence-corrected chi connectivity index (χ3v) is 6.54. The second-order valence-electron chi connectivity index (χ2n) is 10.9. The molecule has 4 amide bonds. The van der Waals surface area contributed by atoms with E-state index in [4.69, 9.17) is 4.74 Å². The third kappa shape index (κ3) is 6.96. The van der Waals surface area contributed by atoms with Crippen LogP contribution >= 0.6 is 0 Å². The molecule has 0 spiro atoms. The highest BCUT2D eigenvalue weighted by Gasteiger charge is 2.38. The number of benzene rings is 3. The van der Waals surface area contributed by atoms with Crippen LogP contribution in [0.2, 0.25) is 0 Å². The monoisotopic (exact) mass is 528 g/mol. The van der Waals surface area contributed by atoms with E-state index in [0.29, 0.717) is 23.5 Å². The molecule has 0 radical (unpaired) electrons. The van der Waals surface area contributed by atoms with Crippen molar-refractivity contribution in [1.29, 1.82) is 0 Å². The summed E-state index contributed by atoms with van der Waals surface area (Å²) in [5, 5.41) is 8.66. The molecule has 3 aromatic carbocycles. The standard InChI is InChI=1S/C31H36N4O4/c1-20-10-9-13-22(16-20)32-30(38)33-26-18-24(21-11-7-6-8-12-21)25-17-23(39-5)14-15-27(25)35(29(26)37)19-28(36)34-31(2,3)4/h6-17,24,26H,18-19H2,1-5H3,(H,34,36)(H2,32,33,38). The molecule has 39 heavy (non-hydrogen) atoms. The summed E-state index contributed by atoms with van der Waals surface area (Å²) < 4.78 is 5.52.